The summed E-state index contributed by atoms with van der Waals surface area (Å²) in [6.45, 7) is 7.40. The third kappa shape index (κ3) is 5.36. The van der Waals surface area contributed by atoms with E-state index in [0.29, 0.717) is 25.9 Å². The molecule has 1 amide bonds. The number of amides is 1. The first kappa shape index (κ1) is 16.8. The number of carbonyl (C=O) groups is 2. The fourth-order valence-corrected chi connectivity index (χ4v) is 2.24. The van der Waals surface area contributed by atoms with Crippen LogP contribution in [-0.2, 0) is 14.3 Å². The maximum atomic E-state index is 11.7. The Kier molecular flexibility index (Phi) is 5.80. The molecule has 0 aliphatic heterocycles. The Balaban J connectivity index is 2.54. The van der Waals surface area contributed by atoms with Crippen molar-refractivity contribution in [1.82, 2.24) is 5.32 Å². The Bertz CT molecular complexity index is 350. The van der Waals surface area contributed by atoms with Crippen LogP contribution in [0.5, 0.6) is 0 Å². The van der Waals surface area contributed by atoms with Gasteiger partial charge in [-0.1, -0.05) is 0 Å². The minimum absolute atomic E-state index is 0.268. The van der Waals surface area contributed by atoms with Crippen molar-refractivity contribution in [2.24, 2.45) is 5.92 Å². The highest BCUT2D eigenvalue weighted by atomic mass is 16.6. The van der Waals surface area contributed by atoms with Gasteiger partial charge in [0.2, 0.25) is 0 Å². The molecule has 1 saturated carbocycles. The van der Waals surface area contributed by atoms with Crippen LogP contribution >= 0.6 is 0 Å². The molecule has 0 unspecified atom stereocenters. The average molecular weight is 287 g/mol. The second-order valence-electron chi connectivity index (χ2n) is 6.08. The minimum atomic E-state index is -0.659. The highest BCUT2D eigenvalue weighted by Gasteiger charge is 2.35. The van der Waals surface area contributed by atoms with E-state index in [-0.39, 0.29) is 11.9 Å². The molecule has 20 heavy (non-hydrogen) atoms. The molecule has 2 N–H and O–H groups in total. The van der Waals surface area contributed by atoms with Gasteiger partial charge in [0.25, 0.3) is 0 Å². The van der Waals surface area contributed by atoms with Crippen LogP contribution in [0.25, 0.3) is 0 Å². The first-order valence-corrected chi connectivity index (χ1v) is 7.07. The fourth-order valence-electron chi connectivity index (χ4n) is 2.24. The maximum absolute atomic E-state index is 11.7. The molecule has 0 aromatic rings. The highest BCUT2D eigenvalue weighted by molar-refractivity contribution is 5.73. The summed E-state index contributed by atoms with van der Waals surface area (Å²) >= 11 is 0. The lowest BCUT2D eigenvalue weighted by Crippen LogP contribution is -2.49. The van der Waals surface area contributed by atoms with Crippen molar-refractivity contribution in [3.05, 3.63) is 0 Å². The van der Waals surface area contributed by atoms with Gasteiger partial charge in [-0.05, 0) is 47.0 Å². The van der Waals surface area contributed by atoms with Crippen LogP contribution in [0.1, 0.15) is 47.0 Å². The first-order valence-electron chi connectivity index (χ1n) is 7.07. The van der Waals surface area contributed by atoms with E-state index in [1.54, 1.807) is 27.7 Å². The zero-order chi connectivity index (χ0) is 15.3. The van der Waals surface area contributed by atoms with Crippen molar-refractivity contribution in [1.29, 1.82) is 0 Å². The predicted molar refractivity (Wildman–Crippen MR) is 73.1 cm³/mol. The van der Waals surface area contributed by atoms with E-state index in [4.69, 9.17) is 9.47 Å². The molecule has 1 rings (SSSR count). The van der Waals surface area contributed by atoms with Crippen molar-refractivity contribution in [3.63, 3.8) is 0 Å². The number of alkyl carbamates (subject to hydrolysis) is 1. The molecular weight excluding hydrogens is 262 g/mol. The Hall–Kier alpha value is -1.30. The first-order chi connectivity index (χ1) is 9.23. The van der Waals surface area contributed by atoms with Gasteiger partial charge in [-0.2, -0.15) is 0 Å². The lowest BCUT2D eigenvalue weighted by Gasteiger charge is -2.33. The van der Waals surface area contributed by atoms with Crippen molar-refractivity contribution >= 4 is 12.1 Å². The topological polar surface area (TPSA) is 84.9 Å². The number of carbonyl (C=O) groups excluding carboxylic acids is 2. The van der Waals surface area contributed by atoms with Crippen molar-refractivity contribution in [3.8, 4) is 0 Å². The van der Waals surface area contributed by atoms with Crippen LogP contribution < -0.4 is 5.32 Å². The summed E-state index contributed by atoms with van der Waals surface area (Å²) < 4.78 is 10.1. The number of aliphatic hydroxyl groups is 1. The molecule has 0 aromatic carbocycles. The number of hydrogen-bond donors (Lipinski definition) is 2. The third-order valence-corrected chi connectivity index (χ3v) is 3.14. The molecule has 1 aliphatic carbocycles. The van der Waals surface area contributed by atoms with E-state index >= 15 is 0 Å². The predicted octanol–water partition coefficient (Wildman–Crippen LogP) is 1.60. The van der Waals surface area contributed by atoms with Crippen molar-refractivity contribution in [2.45, 2.75) is 64.7 Å². The van der Waals surface area contributed by atoms with E-state index in [9.17, 15) is 14.7 Å². The van der Waals surface area contributed by atoms with Gasteiger partial charge in [-0.25, -0.2) is 4.79 Å². The Morgan fingerprint density at radius 3 is 2.50 bits per heavy atom. The van der Waals surface area contributed by atoms with Gasteiger partial charge < -0.3 is 19.9 Å². The summed E-state index contributed by atoms with van der Waals surface area (Å²) in [6, 6.07) is -0.479. The van der Waals surface area contributed by atoms with E-state index in [1.807, 2.05) is 0 Å². The van der Waals surface area contributed by atoms with Gasteiger partial charge in [0.1, 0.15) is 5.60 Å². The number of aliphatic hydroxyl groups excluding tert-OH is 1. The van der Waals surface area contributed by atoms with E-state index < -0.39 is 23.8 Å². The largest absolute Gasteiger partial charge is 0.466 e. The molecule has 1 aliphatic rings. The summed E-state index contributed by atoms with van der Waals surface area (Å²) in [7, 11) is 0. The lowest BCUT2D eigenvalue weighted by molar-refractivity contribution is -0.150. The minimum Gasteiger partial charge on any atom is -0.466 e. The highest BCUT2D eigenvalue weighted by Crippen LogP contribution is 2.26. The van der Waals surface area contributed by atoms with Crippen LogP contribution in [0.4, 0.5) is 4.79 Å². The molecule has 116 valence electrons. The quantitative estimate of drug-likeness (QED) is 0.770. The summed E-state index contributed by atoms with van der Waals surface area (Å²) in [5, 5.41) is 12.6. The number of nitrogens with one attached hydrogen (secondary N) is 1. The summed E-state index contributed by atoms with van der Waals surface area (Å²) in [5.41, 5.74) is -0.593. The van der Waals surface area contributed by atoms with Crippen LogP contribution in [-0.4, -0.2) is 41.5 Å². The Morgan fingerprint density at radius 1 is 1.30 bits per heavy atom. The molecule has 0 radical (unpaired) electrons. The SMILES string of the molecule is CCOC(=O)[C@@H]1CC[C@H](O)[C@H](NC(=O)OC(C)(C)C)C1. The second-order valence-corrected chi connectivity index (χ2v) is 6.08. The molecule has 6 nitrogen and oxygen atoms in total. The molecule has 0 heterocycles. The molecule has 0 saturated heterocycles. The van der Waals surface area contributed by atoms with Gasteiger partial charge in [-0.3, -0.25) is 4.79 Å². The zero-order valence-electron chi connectivity index (χ0n) is 12.6. The maximum Gasteiger partial charge on any atom is 0.407 e. The number of rotatable bonds is 3. The molecule has 0 aromatic heterocycles. The summed E-state index contributed by atoms with van der Waals surface area (Å²) in [5.74, 6) is -0.548. The standard InChI is InChI=1S/C14H25NO5/c1-5-19-12(17)9-6-7-11(16)10(8-9)15-13(18)20-14(2,3)4/h9-11,16H,5-8H2,1-4H3,(H,15,18)/t9-,10-,11+/m1/s1. The van der Waals surface area contributed by atoms with Gasteiger partial charge in [-0.15, -0.1) is 0 Å². The van der Waals surface area contributed by atoms with Crippen LogP contribution in [0.3, 0.4) is 0 Å². The monoisotopic (exact) mass is 287 g/mol. The van der Waals surface area contributed by atoms with Crippen molar-refractivity contribution in [2.75, 3.05) is 6.61 Å². The Labute approximate surface area is 119 Å². The normalized spacial score (nSPS) is 26.8. The Morgan fingerprint density at radius 2 is 1.95 bits per heavy atom. The molecule has 6 heteroatoms. The fraction of sp³-hybridized carbons (Fsp3) is 0.857. The molecule has 0 spiro atoms. The smallest absolute Gasteiger partial charge is 0.407 e. The summed E-state index contributed by atoms with van der Waals surface area (Å²) in [6.07, 6.45) is 0.176. The van der Waals surface area contributed by atoms with Crippen LogP contribution in [0.2, 0.25) is 0 Å². The molecular formula is C14H25NO5. The van der Waals surface area contributed by atoms with Gasteiger partial charge >= 0.3 is 12.1 Å². The molecule has 0 bridgehead atoms. The van der Waals surface area contributed by atoms with Gasteiger partial charge in [0.15, 0.2) is 0 Å². The van der Waals surface area contributed by atoms with Gasteiger partial charge in [0, 0.05) is 0 Å². The average Bonchev–Trinajstić information content (AvgIpc) is 2.29. The lowest BCUT2D eigenvalue weighted by atomic mass is 9.84. The van der Waals surface area contributed by atoms with Crippen LogP contribution in [0, 0.1) is 5.92 Å². The molecule has 3 atom stereocenters. The number of esters is 1. The van der Waals surface area contributed by atoms with Crippen LogP contribution in [0.15, 0.2) is 0 Å². The summed E-state index contributed by atoms with van der Waals surface area (Å²) in [4.78, 5) is 23.4. The second kappa shape index (κ2) is 6.92. The number of ether oxygens (including phenoxy) is 2. The number of hydrogen-bond acceptors (Lipinski definition) is 5. The third-order valence-electron chi connectivity index (χ3n) is 3.14. The van der Waals surface area contributed by atoms with E-state index in [1.165, 1.54) is 0 Å². The van der Waals surface area contributed by atoms with E-state index in [0.717, 1.165) is 0 Å². The zero-order valence-corrected chi connectivity index (χ0v) is 12.6. The van der Waals surface area contributed by atoms with Crippen molar-refractivity contribution < 1.29 is 24.2 Å². The van der Waals surface area contributed by atoms with Gasteiger partial charge in [0.05, 0.1) is 24.7 Å². The molecule has 1 fully saturated rings. The van der Waals surface area contributed by atoms with E-state index in [2.05, 4.69) is 5.32 Å².